The Morgan fingerprint density at radius 1 is 1.07 bits per heavy atom. The highest BCUT2D eigenvalue weighted by Crippen LogP contribution is 2.46. The Morgan fingerprint density at radius 3 is 2.48 bits per heavy atom. The van der Waals surface area contributed by atoms with Gasteiger partial charge in [0.15, 0.2) is 0 Å². The van der Waals surface area contributed by atoms with Crippen LogP contribution in [0.15, 0.2) is 42.6 Å². The lowest BCUT2D eigenvalue weighted by Gasteiger charge is -2.51. The van der Waals surface area contributed by atoms with Crippen molar-refractivity contribution in [2.75, 3.05) is 25.4 Å². The van der Waals surface area contributed by atoms with Gasteiger partial charge in [0.1, 0.15) is 11.6 Å². The number of amides is 1. The molecule has 0 radical (unpaired) electrons. The number of hydrogen-bond donors (Lipinski definition) is 1. The lowest BCUT2D eigenvalue weighted by atomic mass is 9.75. The molecular weight excluding hydrogens is 343 g/mol. The number of rotatable bonds is 2. The molecule has 6 rings (SSSR count). The first-order valence-corrected chi connectivity index (χ1v) is 9.64. The van der Waals surface area contributed by atoms with E-state index in [2.05, 4.69) is 9.88 Å². The van der Waals surface area contributed by atoms with Crippen LogP contribution in [-0.2, 0) is 0 Å². The first-order valence-electron chi connectivity index (χ1n) is 9.64. The SMILES string of the molecule is Nc1ccc(C(=O)N2C[C@@H](c3ccc(F)cc3)[C@@H]3[C@H]2C2CCN3CC2)cn1. The van der Waals surface area contributed by atoms with E-state index in [0.29, 0.717) is 29.9 Å². The standard InChI is InChI=1S/C21H23FN4O/c22-16-4-1-13(2-5-16)17-12-26(21(27)15-3-6-18(23)24-11-15)19-14-7-9-25(10-8-14)20(17)19/h1-6,11,14,17,19-20H,7-10,12H2,(H2,23,24)/t17-,19+,20+/m0/s1. The average Bonchev–Trinajstić information content (AvgIpc) is 3.12. The molecule has 0 aliphatic carbocycles. The van der Waals surface area contributed by atoms with Gasteiger partial charge in [-0.3, -0.25) is 9.69 Å². The third kappa shape index (κ3) is 2.70. The monoisotopic (exact) mass is 366 g/mol. The van der Waals surface area contributed by atoms with E-state index in [4.69, 9.17) is 5.73 Å². The molecule has 0 saturated carbocycles. The molecular formula is C21H23FN4O. The molecule has 1 aromatic carbocycles. The number of benzene rings is 1. The molecule has 5 heterocycles. The van der Waals surface area contributed by atoms with Gasteiger partial charge in [-0.25, -0.2) is 9.37 Å². The van der Waals surface area contributed by atoms with E-state index in [9.17, 15) is 9.18 Å². The molecule has 3 atom stereocenters. The summed E-state index contributed by atoms with van der Waals surface area (Å²) in [5.41, 5.74) is 7.37. The van der Waals surface area contributed by atoms with Crippen molar-refractivity contribution in [1.82, 2.24) is 14.8 Å². The van der Waals surface area contributed by atoms with Gasteiger partial charge in [0, 0.05) is 24.7 Å². The summed E-state index contributed by atoms with van der Waals surface area (Å²) in [7, 11) is 0. The smallest absolute Gasteiger partial charge is 0.255 e. The van der Waals surface area contributed by atoms with Crippen molar-refractivity contribution in [3.63, 3.8) is 0 Å². The van der Waals surface area contributed by atoms with Crippen LogP contribution in [0.25, 0.3) is 0 Å². The number of anilines is 1. The summed E-state index contributed by atoms with van der Waals surface area (Å²) < 4.78 is 13.4. The molecule has 2 N–H and O–H groups in total. The summed E-state index contributed by atoms with van der Waals surface area (Å²) in [5, 5.41) is 0. The molecule has 27 heavy (non-hydrogen) atoms. The number of carbonyl (C=O) groups excluding carboxylic acids is 1. The summed E-state index contributed by atoms with van der Waals surface area (Å²) in [6, 6.07) is 10.8. The van der Waals surface area contributed by atoms with Crippen LogP contribution in [0.3, 0.4) is 0 Å². The molecule has 2 bridgehead atoms. The summed E-state index contributed by atoms with van der Waals surface area (Å²) in [4.78, 5) is 22.0. The maximum atomic E-state index is 13.4. The van der Waals surface area contributed by atoms with Crippen LogP contribution in [0.4, 0.5) is 10.2 Å². The third-order valence-electron chi connectivity index (χ3n) is 6.59. The fraction of sp³-hybridized carbons (Fsp3) is 0.429. The molecule has 140 valence electrons. The second kappa shape index (κ2) is 6.30. The van der Waals surface area contributed by atoms with Crippen LogP contribution in [0.2, 0.25) is 0 Å². The van der Waals surface area contributed by atoms with E-state index >= 15 is 0 Å². The highest BCUT2D eigenvalue weighted by molar-refractivity contribution is 5.94. The van der Waals surface area contributed by atoms with Gasteiger partial charge in [0.05, 0.1) is 11.6 Å². The number of likely N-dealkylation sites (tertiary alicyclic amines) is 1. The number of fused-ring (bicyclic) bond motifs is 2. The van der Waals surface area contributed by atoms with Crippen LogP contribution in [0.1, 0.15) is 34.7 Å². The second-order valence-electron chi connectivity index (χ2n) is 7.94. The van der Waals surface area contributed by atoms with Crippen molar-refractivity contribution in [3.05, 3.63) is 59.5 Å². The predicted octanol–water partition coefficient (Wildman–Crippen LogP) is 2.51. The molecule has 5 nitrogen and oxygen atoms in total. The number of piperidine rings is 3. The van der Waals surface area contributed by atoms with Crippen molar-refractivity contribution >= 4 is 11.7 Å². The van der Waals surface area contributed by atoms with Crippen molar-refractivity contribution in [1.29, 1.82) is 0 Å². The number of aromatic nitrogens is 1. The minimum atomic E-state index is -0.223. The number of pyridine rings is 1. The van der Waals surface area contributed by atoms with Gasteiger partial charge in [-0.05, 0) is 61.7 Å². The zero-order valence-corrected chi connectivity index (χ0v) is 15.1. The normalized spacial score (nSPS) is 31.7. The molecule has 4 saturated heterocycles. The van der Waals surface area contributed by atoms with E-state index < -0.39 is 0 Å². The van der Waals surface area contributed by atoms with E-state index in [1.807, 2.05) is 17.0 Å². The number of nitrogens with two attached hydrogens (primary N) is 1. The van der Waals surface area contributed by atoms with Crippen LogP contribution in [-0.4, -0.2) is 52.4 Å². The fourth-order valence-electron chi connectivity index (χ4n) is 5.36. The zero-order valence-electron chi connectivity index (χ0n) is 15.1. The summed E-state index contributed by atoms with van der Waals surface area (Å²) in [6.45, 7) is 2.85. The first-order chi connectivity index (χ1) is 13.1. The van der Waals surface area contributed by atoms with E-state index in [1.165, 1.54) is 12.1 Å². The minimum absolute atomic E-state index is 0.0239. The molecule has 4 aliphatic heterocycles. The molecule has 1 aromatic heterocycles. The lowest BCUT2D eigenvalue weighted by Crippen LogP contribution is -2.60. The van der Waals surface area contributed by atoms with Crippen LogP contribution in [0.5, 0.6) is 0 Å². The van der Waals surface area contributed by atoms with Crippen LogP contribution < -0.4 is 5.73 Å². The average molecular weight is 366 g/mol. The molecule has 0 spiro atoms. The largest absolute Gasteiger partial charge is 0.384 e. The van der Waals surface area contributed by atoms with Crippen molar-refractivity contribution in [3.8, 4) is 0 Å². The number of nitrogens with zero attached hydrogens (tertiary/aromatic N) is 3. The third-order valence-corrected chi connectivity index (χ3v) is 6.59. The summed E-state index contributed by atoms with van der Waals surface area (Å²) >= 11 is 0. The van der Waals surface area contributed by atoms with Gasteiger partial charge >= 0.3 is 0 Å². The maximum absolute atomic E-state index is 13.4. The first kappa shape index (κ1) is 16.7. The van der Waals surface area contributed by atoms with E-state index in [-0.39, 0.29) is 23.7 Å². The van der Waals surface area contributed by atoms with Crippen molar-refractivity contribution in [2.24, 2.45) is 5.92 Å². The summed E-state index contributed by atoms with van der Waals surface area (Å²) in [6.07, 6.45) is 3.85. The number of halogens is 1. The van der Waals surface area contributed by atoms with Gasteiger partial charge in [-0.2, -0.15) is 0 Å². The highest BCUT2D eigenvalue weighted by atomic mass is 19.1. The predicted molar refractivity (Wildman–Crippen MR) is 101 cm³/mol. The zero-order chi connectivity index (χ0) is 18.5. The van der Waals surface area contributed by atoms with Crippen LogP contribution in [0, 0.1) is 11.7 Å². The van der Waals surface area contributed by atoms with Gasteiger partial charge in [0.25, 0.3) is 5.91 Å². The summed E-state index contributed by atoms with van der Waals surface area (Å²) in [5.74, 6) is 0.967. The molecule has 2 aromatic rings. The molecule has 4 aliphatic rings. The van der Waals surface area contributed by atoms with Crippen LogP contribution >= 0.6 is 0 Å². The van der Waals surface area contributed by atoms with E-state index in [1.54, 1.807) is 18.3 Å². The van der Waals surface area contributed by atoms with Crippen molar-refractivity contribution in [2.45, 2.75) is 30.8 Å². The van der Waals surface area contributed by atoms with Gasteiger partial charge in [-0.15, -0.1) is 0 Å². The van der Waals surface area contributed by atoms with Gasteiger partial charge in [0.2, 0.25) is 0 Å². The lowest BCUT2D eigenvalue weighted by molar-refractivity contribution is -0.00342. The highest BCUT2D eigenvalue weighted by Gasteiger charge is 2.54. The van der Waals surface area contributed by atoms with E-state index in [0.717, 1.165) is 31.5 Å². The Hall–Kier alpha value is -2.47. The Morgan fingerprint density at radius 2 is 1.81 bits per heavy atom. The second-order valence-corrected chi connectivity index (χ2v) is 7.94. The number of carbonyl (C=O) groups is 1. The Kier molecular flexibility index (Phi) is 3.90. The quantitative estimate of drug-likeness (QED) is 0.887. The fourth-order valence-corrected chi connectivity index (χ4v) is 5.36. The Labute approximate surface area is 158 Å². The minimum Gasteiger partial charge on any atom is -0.384 e. The number of hydrogen-bond acceptors (Lipinski definition) is 4. The van der Waals surface area contributed by atoms with Gasteiger partial charge < -0.3 is 10.6 Å². The molecule has 0 unspecified atom stereocenters. The Balaban J connectivity index is 1.51. The maximum Gasteiger partial charge on any atom is 0.255 e. The topological polar surface area (TPSA) is 62.5 Å². The number of nitrogen functional groups attached to an aromatic ring is 1. The van der Waals surface area contributed by atoms with Gasteiger partial charge in [-0.1, -0.05) is 12.1 Å². The molecule has 4 fully saturated rings. The molecule has 1 amide bonds. The molecule has 6 heteroatoms. The van der Waals surface area contributed by atoms with Crippen molar-refractivity contribution < 1.29 is 9.18 Å². The Bertz CT molecular complexity index is 845.